The molecular formula is C10H19NaO. The Bertz CT molecular complexity index is 112. The molecule has 0 radical (unpaired) electrons. The molecule has 0 bridgehead atoms. The molecule has 0 heterocycles. The maximum absolute atomic E-state index is 10.6. The molecule has 0 saturated heterocycles. The van der Waals surface area contributed by atoms with Crippen molar-refractivity contribution < 1.29 is 4.79 Å². The predicted octanol–water partition coefficient (Wildman–Crippen LogP) is 2.82. The van der Waals surface area contributed by atoms with Gasteiger partial charge in [0, 0.05) is 0 Å². The second-order valence-corrected chi connectivity index (χ2v) is 4.69. The number of hydrogen-bond donors (Lipinski definition) is 0. The monoisotopic (exact) mass is 178 g/mol. The van der Waals surface area contributed by atoms with E-state index in [0.717, 1.165) is 40.8 Å². The molecule has 66 valence electrons. The van der Waals surface area contributed by atoms with E-state index in [9.17, 15) is 4.79 Å². The Kier molecular flexibility index (Phi) is 10.3. The topological polar surface area (TPSA) is 17.1 Å². The van der Waals surface area contributed by atoms with Gasteiger partial charge in [-0.1, -0.05) is 0 Å². The molecule has 1 nitrogen and oxygen atoms in total. The molecule has 0 aromatic rings. The number of hydrogen-bond acceptors (Lipinski definition) is 1. The van der Waals surface area contributed by atoms with E-state index >= 15 is 0 Å². The van der Waals surface area contributed by atoms with E-state index in [0.29, 0.717) is 3.03 Å². The maximum atomic E-state index is 10.6. The first kappa shape index (κ1) is 12.7. The zero-order chi connectivity index (χ0) is 9.23. The Morgan fingerprint density at radius 2 is 1.50 bits per heavy atom. The molecule has 0 amide bonds. The summed E-state index contributed by atoms with van der Waals surface area (Å²) in [5.41, 5.74) is 0. The van der Waals surface area contributed by atoms with Gasteiger partial charge in [-0.2, -0.15) is 0 Å². The predicted molar refractivity (Wildman–Crippen MR) is 53.4 cm³/mol. The molecule has 0 N–H and O–H groups in total. The van der Waals surface area contributed by atoms with Crippen molar-refractivity contribution in [3.8, 4) is 0 Å². The van der Waals surface area contributed by atoms with Gasteiger partial charge in [-0.15, -0.1) is 0 Å². The van der Waals surface area contributed by atoms with Gasteiger partial charge in [0.25, 0.3) is 0 Å². The Morgan fingerprint density at radius 3 is 2.00 bits per heavy atom. The Balaban J connectivity index is 2.86. The summed E-state index contributed by atoms with van der Waals surface area (Å²) in [4.78, 5) is 10.6. The fraction of sp³-hybridized carbons (Fsp3) is 0.900. The molecule has 0 spiro atoms. The van der Waals surface area contributed by atoms with Gasteiger partial charge in [0.05, 0.1) is 0 Å². The fourth-order valence-corrected chi connectivity index (χ4v) is 1.68. The third-order valence-corrected chi connectivity index (χ3v) is 2.63. The summed E-state index contributed by atoms with van der Waals surface area (Å²) in [6.07, 6.45) is 10.0. The van der Waals surface area contributed by atoms with Crippen LogP contribution < -0.4 is 0 Å². The van der Waals surface area contributed by atoms with Crippen LogP contribution in [0, 0.1) is 0 Å². The third kappa shape index (κ3) is 10.7. The van der Waals surface area contributed by atoms with E-state index in [1.807, 2.05) is 0 Å². The van der Waals surface area contributed by atoms with Gasteiger partial charge in [0.2, 0.25) is 0 Å². The zero-order valence-electron chi connectivity index (χ0n) is 8.57. The van der Waals surface area contributed by atoms with Crippen molar-refractivity contribution in [3.63, 3.8) is 0 Å². The van der Waals surface area contributed by atoms with Crippen LogP contribution in [-0.2, 0) is 4.79 Å². The molecule has 0 rings (SSSR count). The SMILES string of the molecule is CCCCCCCCC[C](=O)[Na]. The van der Waals surface area contributed by atoms with Crippen molar-refractivity contribution in [3.05, 3.63) is 0 Å². The average molecular weight is 178 g/mol. The van der Waals surface area contributed by atoms with Gasteiger partial charge in [-0.05, 0) is 0 Å². The van der Waals surface area contributed by atoms with Gasteiger partial charge in [0.15, 0.2) is 0 Å². The standard InChI is InChI=1S/C10H19O.Na/c1-2-3-4-5-6-7-8-9-10-11;/h2-9H2,1H3;. The molecule has 0 aliphatic heterocycles. The number of unbranched alkanes of at least 4 members (excludes halogenated alkanes) is 6. The van der Waals surface area contributed by atoms with Crippen molar-refractivity contribution in [1.29, 1.82) is 0 Å². The Hall–Kier alpha value is 0.670. The van der Waals surface area contributed by atoms with Crippen LogP contribution >= 0.6 is 0 Å². The van der Waals surface area contributed by atoms with E-state index in [-0.39, 0.29) is 0 Å². The van der Waals surface area contributed by atoms with Crippen molar-refractivity contribution in [1.82, 2.24) is 0 Å². The Labute approximate surface area is 93.7 Å². The molecule has 0 aromatic carbocycles. The minimum atomic E-state index is 0.476. The van der Waals surface area contributed by atoms with Crippen LogP contribution in [0.25, 0.3) is 0 Å². The Morgan fingerprint density at radius 1 is 1.00 bits per heavy atom. The van der Waals surface area contributed by atoms with E-state index in [4.69, 9.17) is 0 Å². The summed E-state index contributed by atoms with van der Waals surface area (Å²) in [5.74, 6) is 0. The fourth-order valence-electron chi connectivity index (χ4n) is 1.33. The quantitative estimate of drug-likeness (QED) is 0.412. The van der Waals surface area contributed by atoms with Crippen LogP contribution in [0.5, 0.6) is 0 Å². The van der Waals surface area contributed by atoms with E-state index in [1.54, 1.807) is 0 Å². The zero-order valence-corrected chi connectivity index (χ0v) is 10.6. The van der Waals surface area contributed by atoms with E-state index < -0.39 is 0 Å². The van der Waals surface area contributed by atoms with Crippen LogP contribution in [0.15, 0.2) is 0 Å². The summed E-state index contributed by atoms with van der Waals surface area (Å²) in [7, 11) is 0. The first-order valence-corrected chi connectivity index (χ1v) is 6.26. The first-order valence-electron chi connectivity index (χ1n) is 5.26. The van der Waals surface area contributed by atoms with Gasteiger partial charge < -0.3 is 0 Å². The van der Waals surface area contributed by atoms with Crippen molar-refractivity contribution in [2.45, 2.75) is 58.3 Å². The molecule has 0 atom stereocenters. The van der Waals surface area contributed by atoms with Crippen LogP contribution in [0.2, 0.25) is 0 Å². The van der Waals surface area contributed by atoms with Crippen molar-refractivity contribution in [2.24, 2.45) is 0 Å². The number of carbonyl (C=O) groups excluding carboxylic acids is 1. The molecule has 0 aromatic heterocycles. The van der Waals surface area contributed by atoms with Gasteiger partial charge in [-0.3, -0.25) is 0 Å². The molecular weight excluding hydrogens is 159 g/mol. The molecule has 2 heteroatoms. The van der Waals surface area contributed by atoms with E-state index in [2.05, 4.69) is 6.92 Å². The second-order valence-electron chi connectivity index (χ2n) is 3.57. The van der Waals surface area contributed by atoms with Gasteiger partial charge >= 0.3 is 94.0 Å². The van der Waals surface area contributed by atoms with E-state index in [1.165, 1.54) is 38.5 Å². The van der Waals surface area contributed by atoms with Crippen LogP contribution in [-0.4, -0.2) is 31.0 Å². The average Bonchev–Trinajstić information content (AvgIpc) is 2.02. The minimum absolute atomic E-state index is 0.476. The van der Waals surface area contributed by atoms with Gasteiger partial charge in [-0.25, -0.2) is 0 Å². The third-order valence-electron chi connectivity index (χ3n) is 2.13. The summed E-state index contributed by atoms with van der Waals surface area (Å²) in [5, 5.41) is 0. The molecule has 0 aliphatic carbocycles. The summed E-state index contributed by atoms with van der Waals surface area (Å²) in [6, 6.07) is 0. The number of rotatable bonds is 8. The normalized spacial score (nSPS) is 10.2. The van der Waals surface area contributed by atoms with Crippen LogP contribution in [0.3, 0.4) is 0 Å². The second kappa shape index (κ2) is 9.76. The first-order chi connectivity index (χ1) is 5.77. The molecule has 0 unspecified atom stereocenters. The van der Waals surface area contributed by atoms with Crippen molar-refractivity contribution >= 4 is 31.0 Å². The summed E-state index contributed by atoms with van der Waals surface area (Å²) < 4.78 is 0.476. The van der Waals surface area contributed by atoms with Crippen molar-refractivity contribution in [2.75, 3.05) is 0 Å². The molecule has 0 fully saturated rings. The molecule has 0 aliphatic rings. The van der Waals surface area contributed by atoms with Gasteiger partial charge in [0.1, 0.15) is 0 Å². The molecule has 0 saturated carbocycles. The summed E-state index contributed by atoms with van der Waals surface area (Å²) >= 11 is 0.750. The van der Waals surface area contributed by atoms with Crippen LogP contribution in [0.1, 0.15) is 58.3 Å². The summed E-state index contributed by atoms with van der Waals surface area (Å²) in [6.45, 7) is 2.24. The molecule has 12 heavy (non-hydrogen) atoms. The number of carbonyl (C=O) groups is 1. The van der Waals surface area contributed by atoms with Crippen LogP contribution in [0.4, 0.5) is 0 Å².